The van der Waals surface area contributed by atoms with E-state index in [-0.39, 0.29) is 11.4 Å². The first-order chi connectivity index (χ1) is 20.2. The van der Waals surface area contributed by atoms with Crippen LogP contribution >= 0.6 is 11.6 Å². The molecule has 0 heterocycles. The second-order valence-electron chi connectivity index (χ2n) is 9.11. The molecule has 9 nitrogen and oxygen atoms in total. The summed E-state index contributed by atoms with van der Waals surface area (Å²) in [5.74, 6) is 0.916. The van der Waals surface area contributed by atoms with Gasteiger partial charge in [0.15, 0.2) is 11.5 Å². The monoisotopic (exact) mass is 607 g/mol. The minimum Gasteiger partial charge on any atom is -0.493 e. The van der Waals surface area contributed by atoms with Crippen molar-refractivity contribution in [2.75, 3.05) is 25.6 Å². The van der Waals surface area contributed by atoms with Gasteiger partial charge in [-0.2, -0.15) is 5.10 Å². The molecule has 1 N–H and O–H groups in total. The maximum atomic E-state index is 13.7. The van der Waals surface area contributed by atoms with Crippen LogP contribution in [0.5, 0.6) is 17.2 Å². The van der Waals surface area contributed by atoms with Crippen LogP contribution in [-0.2, 0) is 16.6 Å². The number of hydrogen-bond acceptors (Lipinski definition) is 7. The Bertz CT molecular complexity index is 1670. The molecule has 0 saturated heterocycles. The zero-order valence-electron chi connectivity index (χ0n) is 23.5. The van der Waals surface area contributed by atoms with Gasteiger partial charge in [-0.05, 0) is 66.6 Å². The molecule has 42 heavy (non-hydrogen) atoms. The van der Waals surface area contributed by atoms with Crippen LogP contribution in [0.3, 0.4) is 0 Å². The standard InChI is InChI=1S/C31H30ClN3O6S/c1-21-10-15-25(32)18-27(21)35(42(37,38)26-8-6-5-7-9-26)20-22-11-13-24(14-12-22)31(36)34-33-19-23-16-28(39-2)30(41-4)29(17-23)40-3/h5-19H,20H2,1-4H3,(H,34,36)/b33-19-. The minimum atomic E-state index is -3.92. The molecule has 0 unspecified atom stereocenters. The fraction of sp³-hybridized carbons (Fsp3) is 0.161. The van der Waals surface area contributed by atoms with Crippen molar-refractivity contribution >= 4 is 39.4 Å². The molecular formula is C31H30ClN3O6S. The van der Waals surface area contributed by atoms with Crippen LogP contribution in [0, 0.1) is 6.92 Å². The molecule has 0 aliphatic rings. The molecule has 0 bridgehead atoms. The summed E-state index contributed by atoms with van der Waals surface area (Å²) < 4.78 is 44.7. The predicted octanol–water partition coefficient (Wildman–Crippen LogP) is 5.83. The highest BCUT2D eigenvalue weighted by Gasteiger charge is 2.26. The third-order valence-electron chi connectivity index (χ3n) is 6.38. The van der Waals surface area contributed by atoms with Gasteiger partial charge in [-0.3, -0.25) is 9.10 Å². The highest BCUT2D eigenvalue weighted by Crippen LogP contribution is 2.37. The van der Waals surface area contributed by atoms with Gasteiger partial charge in [0.1, 0.15) is 0 Å². The minimum absolute atomic E-state index is 0.0274. The van der Waals surface area contributed by atoms with Gasteiger partial charge in [-0.15, -0.1) is 0 Å². The van der Waals surface area contributed by atoms with Crippen LogP contribution in [-0.4, -0.2) is 41.9 Å². The van der Waals surface area contributed by atoms with E-state index in [1.165, 1.54) is 31.8 Å². The van der Waals surface area contributed by atoms with Crippen molar-refractivity contribution in [1.82, 2.24) is 5.43 Å². The number of carbonyl (C=O) groups is 1. The number of amides is 1. The number of methoxy groups -OCH3 is 3. The lowest BCUT2D eigenvalue weighted by atomic mass is 10.1. The third-order valence-corrected chi connectivity index (χ3v) is 8.39. The number of nitrogens with zero attached hydrogens (tertiary/aromatic N) is 2. The summed E-state index contributed by atoms with van der Waals surface area (Å²) in [4.78, 5) is 12.9. The van der Waals surface area contributed by atoms with Crippen molar-refractivity contribution < 1.29 is 27.4 Å². The number of halogens is 1. The van der Waals surface area contributed by atoms with E-state index >= 15 is 0 Å². The van der Waals surface area contributed by atoms with E-state index in [0.717, 1.165) is 5.56 Å². The van der Waals surface area contributed by atoms with Gasteiger partial charge >= 0.3 is 0 Å². The Hall–Kier alpha value is -4.54. The molecule has 0 spiro atoms. The predicted molar refractivity (Wildman–Crippen MR) is 164 cm³/mol. The average molecular weight is 608 g/mol. The summed E-state index contributed by atoms with van der Waals surface area (Å²) in [7, 11) is 0.611. The van der Waals surface area contributed by atoms with Gasteiger partial charge in [-0.1, -0.05) is 48.0 Å². The van der Waals surface area contributed by atoms with Crippen molar-refractivity contribution in [2.45, 2.75) is 18.4 Å². The first-order valence-corrected chi connectivity index (χ1v) is 14.6. The van der Waals surface area contributed by atoms with Crippen LogP contribution < -0.4 is 23.9 Å². The van der Waals surface area contributed by atoms with E-state index in [9.17, 15) is 13.2 Å². The van der Waals surface area contributed by atoms with E-state index in [1.54, 1.807) is 84.9 Å². The summed E-state index contributed by atoms with van der Waals surface area (Å²) in [6, 6.07) is 23.3. The first kappa shape index (κ1) is 30.4. The van der Waals surface area contributed by atoms with E-state index < -0.39 is 15.9 Å². The number of rotatable bonds is 11. The Morgan fingerprint density at radius 3 is 2.14 bits per heavy atom. The number of anilines is 1. The summed E-state index contributed by atoms with van der Waals surface area (Å²) in [5.41, 5.74) is 5.35. The Morgan fingerprint density at radius 1 is 0.905 bits per heavy atom. The van der Waals surface area contributed by atoms with Crippen molar-refractivity contribution in [3.63, 3.8) is 0 Å². The van der Waals surface area contributed by atoms with Crippen LogP contribution in [0.2, 0.25) is 5.02 Å². The highest BCUT2D eigenvalue weighted by molar-refractivity contribution is 7.92. The molecule has 218 valence electrons. The molecule has 4 aromatic carbocycles. The van der Waals surface area contributed by atoms with Crippen molar-refractivity contribution in [3.8, 4) is 17.2 Å². The molecule has 0 aliphatic carbocycles. The topological polar surface area (TPSA) is 107 Å². The molecule has 1 amide bonds. The zero-order valence-corrected chi connectivity index (χ0v) is 25.1. The molecule has 4 aromatic rings. The third kappa shape index (κ3) is 6.84. The highest BCUT2D eigenvalue weighted by atomic mass is 35.5. The van der Waals surface area contributed by atoms with Crippen molar-refractivity contribution in [3.05, 3.63) is 112 Å². The molecule has 0 saturated carbocycles. The van der Waals surface area contributed by atoms with E-state index in [4.69, 9.17) is 25.8 Å². The van der Waals surface area contributed by atoms with Gasteiger partial charge in [0.2, 0.25) is 5.75 Å². The SMILES string of the molecule is COc1cc(/C=N\NC(=O)c2ccc(CN(c3cc(Cl)ccc3C)S(=O)(=O)c3ccccc3)cc2)cc(OC)c1OC. The van der Waals surface area contributed by atoms with Crippen LogP contribution in [0.4, 0.5) is 5.69 Å². The van der Waals surface area contributed by atoms with E-state index in [2.05, 4.69) is 10.5 Å². The number of hydrazone groups is 1. The molecule has 0 aromatic heterocycles. The Morgan fingerprint density at radius 2 is 1.55 bits per heavy atom. The number of nitrogens with one attached hydrogen (secondary N) is 1. The van der Waals surface area contributed by atoms with Crippen LogP contribution in [0.25, 0.3) is 0 Å². The Kier molecular flexibility index (Phi) is 9.72. The lowest BCUT2D eigenvalue weighted by Gasteiger charge is -2.26. The number of sulfonamides is 1. The lowest BCUT2D eigenvalue weighted by Crippen LogP contribution is -2.31. The van der Waals surface area contributed by atoms with E-state index in [1.807, 2.05) is 6.92 Å². The molecule has 0 radical (unpaired) electrons. The molecule has 0 fully saturated rings. The number of aryl methyl sites for hydroxylation is 1. The van der Waals surface area contributed by atoms with Gasteiger partial charge in [0.05, 0.1) is 44.7 Å². The first-order valence-electron chi connectivity index (χ1n) is 12.7. The van der Waals surface area contributed by atoms with E-state index in [0.29, 0.717) is 44.6 Å². The maximum absolute atomic E-state index is 13.7. The zero-order chi connectivity index (χ0) is 30.3. The summed E-state index contributed by atoms with van der Waals surface area (Å²) >= 11 is 6.24. The van der Waals surface area contributed by atoms with Crippen LogP contribution in [0.15, 0.2) is 94.9 Å². The molecular weight excluding hydrogens is 578 g/mol. The second-order valence-corrected chi connectivity index (χ2v) is 11.4. The van der Waals surface area contributed by atoms with Gasteiger partial charge in [0.25, 0.3) is 15.9 Å². The Balaban J connectivity index is 1.53. The van der Waals surface area contributed by atoms with Gasteiger partial charge in [-0.25, -0.2) is 13.8 Å². The average Bonchev–Trinajstić information content (AvgIpc) is 3.01. The number of hydrogen-bond donors (Lipinski definition) is 1. The number of carbonyl (C=O) groups excluding carboxylic acids is 1. The normalized spacial score (nSPS) is 11.3. The summed E-state index contributed by atoms with van der Waals surface area (Å²) in [6.45, 7) is 1.85. The van der Waals surface area contributed by atoms with Crippen LogP contribution in [0.1, 0.15) is 27.0 Å². The van der Waals surface area contributed by atoms with Crippen molar-refractivity contribution in [1.29, 1.82) is 0 Å². The van der Waals surface area contributed by atoms with Gasteiger partial charge in [0, 0.05) is 16.1 Å². The molecule has 0 atom stereocenters. The summed E-state index contributed by atoms with van der Waals surface area (Å²) in [5, 5.41) is 4.46. The second kappa shape index (κ2) is 13.4. The molecule has 11 heteroatoms. The molecule has 4 rings (SSSR count). The fourth-order valence-electron chi connectivity index (χ4n) is 4.20. The number of ether oxygens (including phenoxy) is 3. The Labute approximate surface area is 250 Å². The largest absolute Gasteiger partial charge is 0.493 e. The maximum Gasteiger partial charge on any atom is 0.271 e. The molecule has 0 aliphatic heterocycles. The van der Waals surface area contributed by atoms with Gasteiger partial charge < -0.3 is 14.2 Å². The number of benzene rings is 4. The fourth-order valence-corrected chi connectivity index (χ4v) is 5.90. The lowest BCUT2D eigenvalue weighted by molar-refractivity contribution is 0.0955. The smallest absolute Gasteiger partial charge is 0.271 e. The summed E-state index contributed by atoms with van der Waals surface area (Å²) in [6.07, 6.45) is 1.45. The van der Waals surface area contributed by atoms with Crippen molar-refractivity contribution in [2.24, 2.45) is 5.10 Å². The quantitative estimate of drug-likeness (QED) is 0.170.